The highest BCUT2D eigenvalue weighted by Gasteiger charge is 2.22. The zero-order chi connectivity index (χ0) is 14.5. The molecule has 0 N–H and O–H groups in total. The van der Waals surface area contributed by atoms with Gasteiger partial charge >= 0.3 is 0 Å². The van der Waals surface area contributed by atoms with Gasteiger partial charge in [0.25, 0.3) is 0 Å². The van der Waals surface area contributed by atoms with Crippen molar-refractivity contribution in [1.29, 1.82) is 0 Å². The topological polar surface area (TPSA) is 23.6 Å². The van der Waals surface area contributed by atoms with E-state index in [0.29, 0.717) is 12.6 Å². The minimum absolute atomic E-state index is 0.125. The molecule has 4 heteroatoms. The van der Waals surface area contributed by atoms with E-state index in [1.165, 1.54) is 6.07 Å². The quantitative estimate of drug-likeness (QED) is 0.773. The molecule has 1 aliphatic rings. The van der Waals surface area contributed by atoms with Crippen LogP contribution >= 0.6 is 0 Å². The Labute approximate surface area is 120 Å². The predicted molar refractivity (Wildman–Crippen MR) is 78.5 cm³/mol. The van der Waals surface area contributed by atoms with Crippen molar-refractivity contribution >= 4 is 5.78 Å². The second kappa shape index (κ2) is 6.95. The Morgan fingerprint density at radius 2 is 1.90 bits per heavy atom. The van der Waals surface area contributed by atoms with Gasteiger partial charge in [0.15, 0.2) is 5.78 Å². The Hall–Kier alpha value is -1.26. The first-order valence-corrected chi connectivity index (χ1v) is 7.36. The molecule has 20 heavy (non-hydrogen) atoms. The number of Topliss-reactive ketones (excluding diaryl/α,β-unsaturated/α-hetero) is 1. The van der Waals surface area contributed by atoms with E-state index < -0.39 is 5.82 Å². The van der Waals surface area contributed by atoms with Gasteiger partial charge in [0.05, 0.1) is 12.1 Å². The molecule has 1 aromatic carbocycles. The lowest BCUT2D eigenvalue weighted by molar-refractivity contribution is 0.0781. The van der Waals surface area contributed by atoms with Crippen LogP contribution in [0.2, 0.25) is 0 Å². The molecule has 110 valence electrons. The smallest absolute Gasteiger partial charge is 0.179 e. The molecule has 0 amide bonds. The van der Waals surface area contributed by atoms with Gasteiger partial charge in [0.1, 0.15) is 5.82 Å². The summed E-state index contributed by atoms with van der Waals surface area (Å²) >= 11 is 0. The Kier molecular flexibility index (Phi) is 5.26. The minimum atomic E-state index is -0.421. The van der Waals surface area contributed by atoms with Crippen molar-refractivity contribution in [3.63, 3.8) is 0 Å². The zero-order valence-corrected chi connectivity index (χ0v) is 12.3. The van der Waals surface area contributed by atoms with Gasteiger partial charge in [0, 0.05) is 32.2 Å². The largest absolute Gasteiger partial charge is 0.298 e. The SMILES string of the molecule is CCC(C)N1CCN(CC(=O)c2ccccc2F)CC1. The molecular formula is C16H23FN2O. The maximum Gasteiger partial charge on any atom is 0.179 e. The van der Waals surface area contributed by atoms with Gasteiger partial charge in [0.2, 0.25) is 0 Å². The first-order chi connectivity index (χ1) is 9.61. The van der Waals surface area contributed by atoms with Gasteiger partial charge in [-0.15, -0.1) is 0 Å². The number of ketones is 1. The van der Waals surface area contributed by atoms with Crippen molar-refractivity contribution < 1.29 is 9.18 Å². The Morgan fingerprint density at radius 3 is 2.50 bits per heavy atom. The Balaban J connectivity index is 1.87. The molecule has 0 saturated carbocycles. The summed E-state index contributed by atoms with van der Waals surface area (Å²) < 4.78 is 13.6. The van der Waals surface area contributed by atoms with Crippen LogP contribution in [0.25, 0.3) is 0 Å². The second-order valence-electron chi connectivity index (χ2n) is 5.47. The third-order valence-corrected chi connectivity index (χ3v) is 4.16. The van der Waals surface area contributed by atoms with Gasteiger partial charge in [-0.2, -0.15) is 0 Å². The molecule has 0 aromatic heterocycles. The number of hydrogen-bond donors (Lipinski definition) is 0. The fraction of sp³-hybridized carbons (Fsp3) is 0.562. The molecule has 1 saturated heterocycles. The van der Waals surface area contributed by atoms with Crippen LogP contribution in [-0.2, 0) is 0 Å². The normalized spacial score (nSPS) is 18.9. The summed E-state index contributed by atoms with van der Waals surface area (Å²) in [4.78, 5) is 16.7. The summed E-state index contributed by atoms with van der Waals surface area (Å²) in [7, 11) is 0. The molecule has 1 aliphatic heterocycles. The Morgan fingerprint density at radius 1 is 1.25 bits per heavy atom. The number of rotatable bonds is 5. The average Bonchev–Trinajstić information content (AvgIpc) is 2.47. The maximum absolute atomic E-state index is 13.6. The second-order valence-corrected chi connectivity index (χ2v) is 5.47. The van der Waals surface area contributed by atoms with E-state index >= 15 is 0 Å². The lowest BCUT2D eigenvalue weighted by atomic mass is 10.1. The van der Waals surface area contributed by atoms with Crippen molar-refractivity contribution in [3.05, 3.63) is 35.6 Å². The highest BCUT2D eigenvalue weighted by atomic mass is 19.1. The van der Waals surface area contributed by atoms with Crippen molar-refractivity contribution in [2.75, 3.05) is 32.7 Å². The van der Waals surface area contributed by atoms with Gasteiger partial charge in [-0.3, -0.25) is 14.6 Å². The molecule has 0 radical (unpaired) electrons. The zero-order valence-electron chi connectivity index (χ0n) is 12.3. The summed E-state index contributed by atoms with van der Waals surface area (Å²) in [6, 6.07) is 6.81. The van der Waals surface area contributed by atoms with E-state index in [9.17, 15) is 9.18 Å². The van der Waals surface area contributed by atoms with Gasteiger partial charge in [-0.05, 0) is 25.5 Å². The van der Waals surface area contributed by atoms with Crippen LogP contribution in [0.3, 0.4) is 0 Å². The number of piperazine rings is 1. The summed E-state index contributed by atoms with van der Waals surface area (Å²) in [6.45, 7) is 8.47. The third-order valence-electron chi connectivity index (χ3n) is 4.16. The maximum atomic E-state index is 13.6. The molecule has 2 rings (SSSR count). The lowest BCUT2D eigenvalue weighted by Gasteiger charge is -2.37. The fourth-order valence-electron chi connectivity index (χ4n) is 2.60. The molecule has 1 atom stereocenters. The third kappa shape index (κ3) is 3.64. The van der Waals surface area contributed by atoms with Gasteiger partial charge < -0.3 is 0 Å². The van der Waals surface area contributed by atoms with E-state index in [-0.39, 0.29) is 11.3 Å². The van der Waals surface area contributed by atoms with Crippen molar-refractivity contribution in [2.24, 2.45) is 0 Å². The minimum Gasteiger partial charge on any atom is -0.298 e. The molecule has 0 aliphatic carbocycles. The Bertz CT molecular complexity index is 456. The molecule has 0 spiro atoms. The molecule has 1 fully saturated rings. The van der Waals surface area contributed by atoms with Gasteiger partial charge in [-0.25, -0.2) is 4.39 Å². The van der Waals surface area contributed by atoms with E-state index in [1.54, 1.807) is 18.2 Å². The number of hydrogen-bond acceptors (Lipinski definition) is 3. The van der Waals surface area contributed by atoms with Crippen LogP contribution in [0.5, 0.6) is 0 Å². The summed E-state index contributed by atoms with van der Waals surface area (Å²) in [5, 5.41) is 0. The van der Waals surface area contributed by atoms with Crippen LogP contribution in [-0.4, -0.2) is 54.3 Å². The number of carbonyl (C=O) groups excluding carboxylic acids is 1. The number of halogens is 1. The standard InChI is InChI=1S/C16H23FN2O/c1-3-13(2)19-10-8-18(9-11-19)12-16(20)14-6-4-5-7-15(14)17/h4-7,13H,3,8-12H2,1-2H3. The van der Waals surface area contributed by atoms with Crippen molar-refractivity contribution in [1.82, 2.24) is 9.80 Å². The summed E-state index contributed by atoms with van der Waals surface area (Å²) in [5.41, 5.74) is 0.205. The van der Waals surface area contributed by atoms with Crippen molar-refractivity contribution in [2.45, 2.75) is 26.3 Å². The number of carbonyl (C=O) groups is 1. The van der Waals surface area contributed by atoms with E-state index in [0.717, 1.165) is 32.6 Å². The predicted octanol–water partition coefficient (Wildman–Crippen LogP) is 2.42. The van der Waals surface area contributed by atoms with E-state index in [2.05, 4.69) is 23.6 Å². The summed E-state index contributed by atoms with van der Waals surface area (Å²) in [6.07, 6.45) is 1.15. The van der Waals surface area contributed by atoms with Crippen molar-refractivity contribution in [3.8, 4) is 0 Å². The average molecular weight is 278 g/mol. The molecule has 1 aromatic rings. The van der Waals surface area contributed by atoms with E-state index in [1.807, 2.05) is 0 Å². The van der Waals surface area contributed by atoms with Crippen LogP contribution < -0.4 is 0 Å². The van der Waals surface area contributed by atoms with Gasteiger partial charge in [-0.1, -0.05) is 19.1 Å². The highest BCUT2D eigenvalue weighted by Crippen LogP contribution is 2.11. The molecule has 0 bridgehead atoms. The van der Waals surface area contributed by atoms with Crippen LogP contribution in [0.4, 0.5) is 4.39 Å². The van der Waals surface area contributed by atoms with Crippen LogP contribution in [0.1, 0.15) is 30.6 Å². The highest BCUT2D eigenvalue weighted by molar-refractivity contribution is 5.97. The first-order valence-electron chi connectivity index (χ1n) is 7.36. The van der Waals surface area contributed by atoms with Crippen LogP contribution in [0.15, 0.2) is 24.3 Å². The number of nitrogens with zero attached hydrogens (tertiary/aromatic N) is 2. The van der Waals surface area contributed by atoms with Crippen LogP contribution in [0, 0.1) is 5.82 Å². The molecular weight excluding hydrogens is 255 g/mol. The summed E-state index contributed by atoms with van der Waals surface area (Å²) in [5.74, 6) is -0.546. The molecule has 1 unspecified atom stereocenters. The monoisotopic (exact) mass is 278 g/mol. The fourth-order valence-corrected chi connectivity index (χ4v) is 2.60. The first kappa shape index (κ1) is 15.1. The molecule has 3 nitrogen and oxygen atoms in total. The number of benzene rings is 1. The van der Waals surface area contributed by atoms with E-state index in [4.69, 9.17) is 0 Å². The molecule has 1 heterocycles. The lowest BCUT2D eigenvalue weighted by Crippen LogP contribution is -2.50.